The zero-order valence-corrected chi connectivity index (χ0v) is 16.4. The van der Waals surface area contributed by atoms with E-state index in [-0.39, 0.29) is 18.3 Å². The quantitative estimate of drug-likeness (QED) is 0.761. The van der Waals surface area contributed by atoms with Gasteiger partial charge in [-0.15, -0.1) is 0 Å². The molecule has 0 saturated heterocycles. The van der Waals surface area contributed by atoms with Gasteiger partial charge in [-0.3, -0.25) is 0 Å². The molecule has 2 N–H and O–H groups in total. The van der Waals surface area contributed by atoms with Crippen LogP contribution in [0.25, 0.3) is 0 Å². The average molecular weight is 403 g/mol. The number of aryl methyl sites for hydroxylation is 1. The van der Waals surface area contributed by atoms with Crippen molar-refractivity contribution in [3.63, 3.8) is 0 Å². The number of nitrogens with two attached hydrogens (primary N) is 1. The van der Waals surface area contributed by atoms with Gasteiger partial charge >= 0.3 is 5.97 Å². The van der Waals surface area contributed by atoms with E-state index in [1.807, 2.05) is 6.92 Å². The Bertz CT molecular complexity index is 1030. The maximum atomic E-state index is 13.3. The van der Waals surface area contributed by atoms with Gasteiger partial charge < -0.3 is 19.9 Å². The number of fused-ring (bicyclic) bond motifs is 1. The third-order valence-corrected chi connectivity index (χ3v) is 7.51. The lowest BCUT2D eigenvalue weighted by atomic mass is 10.1. The summed E-state index contributed by atoms with van der Waals surface area (Å²) in [7, 11) is -3.86. The van der Waals surface area contributed by atoms with E-state index in [0.29, 0.717) is 17.1 Å². The maximum Gasteiger partial charge on any atom is 0.328 e. The van der Waals surface area contributed by atoms with Gasteiger partial charge in [0, 0.05) is 5.92 Å². The lowest BCUT2D eigenvalue weighted by molar-refractivity contribution is -0.145. The second kappa shape index (κ2) is 6.49. The molecule has 8 heteroatoms. The number of esters is 1. The number of benzene rings is 2. The average Bonchev–Trinajstić information content (AvgIpc) is 3.07. The molecular weight excluding hydrogens is 382 g/mol. The summed E-state index contributed by atoms with van der Waals surface area (Å²) < 4.78 is 42.4. The van der Waals surface area contributed by atoms with Crippen LogP contribution in [-0.2, 0) is 19.4 Å². The Kier molecular flexibility index (Phi) is 4.35. The van der Waals surface area contributed by atoms with Crippen LogP contribution in [0.1, 0.15) is 24.0 Å². The molecule has 1 fully saturated rings. The second-order valence-corrected chi connectivity index (χ2v) is 9.09. The molecule has 2 aliphatic rings. The number of sulfone groups is 1. The molecule has 0 amide bonds. The molecule has 148 valence electrons. The molecule has 28 heavy (non-hydrogen) atoms. The Morgan fingerprint density at radius 1 is 1.18 bits per heavy atom. The molecule has 1 aliphatic heterocycles. The van der Waals surface area contributed by atoms with Crippen LogP contribution < -0.4 is 15.2 Å². The van der Waals surface area contributed by atoms with Crippen LogP contribution in [0.15, 0.2) is 47.4 Å². The zero-order chi connectivity index (χ0) is 20.1. The summed E-state index contributed by atoms with van der Waals surface area (Å²) >= 11 is 0. The Hall–Kier alpha value is -2.58. The van der Waals surface area contributed by atoms with Crippen molar-refractivity contribution in [1.82, 2.24) is 0 Å². The van der Waals surface area contributed by atoms with Crippen LogP contribution in [0.5, 0.6) is 11.5 Å². The Morgan fingerprint density at radius 3 is 2.54 bits per heavy atom. The van der Waals surface area contributed by atoms with Gasteiger partial charge in [0.05, 0.1) is 11.5 Å². The van der Waals surface area contributed by atoms with Crippen molar-refractivity contribution in [1.29, 1.82) is 0 Å². The summed E-state index contributed by atoms with van der Waals surface area (Å²) in [5.74, 6) is -0.395. The minimum absolute atomic E-state index is 0.0974. The van der Waals surface area contributed by atoms with Crippen molar-refractivity contribution in [3.8, 4) is 11.5 Å². The summed E-state index contributed by atoms with van der Waals surface area (Å²) in [6.07, 6.45) is 0. The van der Waals surface area contributed by atoms with Gasteiger partial charge in [0.1, 0.15) is 10.8 Å². The van der Waals surface area contributed by atoms with Gasteiger partial charge in [-0.1, -0.05) is 23.8 Å². The summed E-state index contributed by atoms with van der Waals surface area (Å²) in [5.41, 5.74) is 6.24. The molecule has 4 rings (SSSR count). The van der Waals surface area contributed by atoms with E-state index in [1.54, 1.807) is 37.3 Å². The standard InChI is InChI=1S/C20H21NO6S/c1-3-25-19(22)20(21)17(13-6-9-15-16(10-13)27-11-26-15)18(20)28(23,24)14-7-4-12(2)5-8-14/h4-10,17-18H,3,11,21H2,1-2H3. The molecule has 0 bridgehead atoms. The number of hydrogen-bond donors (Lipinski definition) is 1. The molecule has 2 aromatic carbocycles. The molecule has 3 unspecified atom stereocenters. The van der Waals surface area contributed by atoms with Gasteiger partial charge in [-0.25, -0.2) is 13.2 Å². The predicted molar refractivity (Wildman–Crippen MR) is 101 cm³/mol. The molecule has 1 aliphatic carbocycles. The number of ether oxygens (including phenoxy) is 3. The van der Waals surface area contributed by atoms with Gasteiger partial charge in [-0.2, -0.15) is 0 Å². The van der Waals surface area contributed by atoms with Crippen LogP contribution >= 0.6 is 0 Å². The summed E-state index contributed by atoms with van der Waals surface area (Å²) in [4.78, 5) is 12.7. The predicted octanol–water partition coefficient (Wildman–Crippen LogP) is 1.92. The SMILES string of the molecule is CCOC(=O)C1(N)C(c2ccc3c(c2)OCO3)C1S(=O)(=O)c1ccc(C)cc1. The Labute approximate surface area is 163 Å². The van der Waals surface area contributed by atoms with Crippen LogP contribution in [-0.4, -0.2) is 38.6 Å². The van der Waals surface area contributed by atoms with Crippen LogP contribution in [0.3, 0.4) is 0 Å². The lowest BCUT2D eigenvalue weighted by Gasteiger charge is -2.11. The minimum Gasteiger partial charge on any atom is -0.465 e. The Balaban J connectivity index is 1.77. The number of carbonyl (C=O) groups is 1. The number of hydrogen-bond acceptors (Lipinski definition) is 7. The van der Waals surface area contributed by atoms with E-state index in [9.17, 15) is 13.2 Å². The lowest BCUT2D eigenvalue weighted by Crippen LogP contribution is -2.41. The highest BCUT2D eigenvalue weighted by Gasteiger charge is 2.74. The third kappa shape index (κ3) is 2.75. The molecule has 3 atom stereocenters. The monoisotopic (exact) mass is 403 g/mol. The van der Waals surface area contributed by atoms with E-state index in [1.165, 1.54) is 12.1 Å². The first-order valence-electron chi connectivity index (χ1n) is 8.96. The first-order chi connectivity index (χ1) is 13.3. The fourth-order valence-corrected chi connectivity index (χ4v) is 5.97. The molecule has 1 heterocycles. The van der Waals surface area contributed by atoms with Gasteiger partial charge in [-0.05, 0) is 43.7 Å². The van der Waals surface area contributed by atoms with E-state index < -0.39 is 32.5 Å². The maximum absolute atomic E-state index is 13.3. The van der Waals surface area contributed by atoms with Gasteiger partial charge in [0.25, 0.3) is 0 Å². The molecule has 7 nitrogen and oxygen atoms in total. The molecule has 0 radical (unpaired) electrons. The largest absolute Gasteiger partial charge is 0.465 e. The van der Waals surface area contributed by atoms with Crippen LogP contribution in [0, 0.1) is 6.92 Å². The van der Waals surface area contributed by atoms with Crippen LogP contribution in [0.4, 0.5) is 0 Å². The van der Waals surface area contributed by atoms with E-state index in [4.69, 9.17) is 19.9 Å². The number of carbonyl (C=O) groups excluding carboxylic acids is 1. The first kappa shape index (κ1) is 18.8. The fraction of sp³-hybridized carbons (Fsp3) is 0.350. The Morgan fingerprint density at radius 2 is 1.86 bits per heavy atom. The van der Waals surface area contributed by atoms with Crippen molar-refractivity contribution >= 4 is 15.8 Å². The van der Waals surface area contributed by atoms with E-state index >= 15 is 0 Å². The highest BCUT2D eigenvalue weighted by atomic mass is 32.2. The van der Waals surface area contributed by atoms with E-state index in [2.05, 4.69) is 0 Å². The summed E-state index contributed by atoms with van der Waals surface area (Å²) in [6, 6.07) is 11.6. The molecule has 2 aromatic rings. The van der Waals surface area contributed by atoms with Crippen molar-refractivity contribution in [3.05, 3.63) is 53.6 Å². The van der Waals surface area contributed by atoms with Crippen LogP contribution in [0.2, 0.25) is 0 Å². The van der Waals surface area contributed by atoms with Crippen molar-refractivity contribution < 1.29 is 27.4 Å². The summed E-state index contributed by atoms with van der Waals surface area (Å²) in [6.45, 7) is 3.74. The molecular formula is C20H21NO6S. The van der Waals surface area contributed by atoms with E-state index in [0.717, 1.165) is 5.56 Å². The summed E-state index contributed by atoms with van der Waals surface area (Å²) in [5, 5.41) is -1.12. The minimum atomic E-state index is -3.86. The normalized spacial score (nSPS) is 25.4. The number of rotatable bonds is 5. The topological polar surface area (TPSA) is 105 Å². The molecule has 1 saturated carbocycles. The molecule has 0 aromatic heterocycles. The van der Waals surface area contributed by atoms with Crippen molar-refractivity contribution in [2.24, 2.45) is 5.73 Å². The second-order valence-electron chi connectivity index (χ2n) is 7.02. The van der Waals surface area contributed by atoms with Gasteiger partial charge in [0.15, 0.2) is 21.3 Å². The van der Waals surface area contributed by atoms with Crippen molar-refractivity contribution in [2.75, 3.05) is 13.4 Å². The third-order valence-electron chi connectivity index (χ3n) is 5.25. The molecule has 0 spiro atoms. The zero-order valence-electron chi connectivity index (χ0n) is 15.5. The first-order valence-corrected chi connectivity index (χ1v) is 10.5. The smallest absolute Gasteiger partial charge is 0.328 e. The van der Waals surface area contributed by atoms with Crippen molar-refractivity contribution in [2.45, 2.75) is 35.4 Å². The highest BCUT2D eigenvalue weighted by Crippen LogP contribution is 2.57. The van der Waals surface area contributed by atoms with Gasteiger partial charge in [0.2, 0.25) is 6.79 Å². The fourth-order valence-electron chi connectivity index (χ4n) is 3.74. The highest BCUT2D eigenvalue weighted by molar-refractivity contribution is 7.92.